The molecule has 0 saturated carbocycles. The maximum Gasteiger partial charge on any atom is 0.289 e. The third-order valence-corrected chi connectivity index (χ3v) is 4.70. The van der Waals surface area contributed by atoms with Crippen molar-refractivity contribution in [3.05, 3.63) is 102 Å². The molecule has 0 fully saturated rings. The van der Waals surface area contributed by atoms with Gasteiger partial charge in [0.25, 0.3) is 5.91 Å². The summed E-state index contributed by atoms with van der Waals surface area (Å²) in [4.78, 5) is 12.4. The molecule has 4 aromatic rings. The monoisotopic (exact) mass is 426 g/mol. The molecule has 0 aliphatic rings. The van der Waals surface area contributed by atoms with E-state index < -0.39 is 0 Å². The predicted molar refractivity (Wildman–Crippen MR) is 123 cm³/mol. The number of nitrogens with one attached hydrogen (secondary N) is 2. The van der Waals surface area contributed by atoms with E-state index in [4.69, 9.17) is 9.47 Å². The molecule has 0 radical (unpaired) electrons. The number of carbonyl (C=O) groups is 1. The smallest absolute Gasteiger partial charge is 0.289 e. The SMILES string of the molecule is COc1ccc(/C=N/NC(=O)c2cc(-c3cccc(OCc4ccccc4)c3)n[nH]2)cc1. The molecule has 3 aromatic carbocycles. The van der Waals surface area contributed by atoms with Crippen LogP contribution in [0.25, 0.3) is 11.3 Å². The van der Waals surface area contributed by atoms with E-state index in [1.165, 1.54) is 0 Å². The second-order valence-corrected chi connectivity index (χ2v) is 6.94. The first-order chi connectivity index (χ1) is 15.7. The Morgan fingerprint density at radius 3 is 2.59 bits per heavy atom. The summed E-state index contributed by atoms with van der Waals surface area (Å²) in [6, 6.07) is 26.5. The van der Waals surface area contributed by atoms with Gasteiger partial charge in [0.1, 0.15) is 23.8 Å². The largest absolute Gasteiger partial charge is 0.497 e. The zero-order valence-electron chi connectivity index (χ0n) is 17.5. The zero-order valence-corrected chi connectivity index (χ0v) is 17.5. The van der Waals surface area contributed by atoms with Gasteiger partial charge in [-0.3, -0.25) is 9.89 Å². The summed E-state index contributed by atoms with van der Waals surface area (Å²) in [7, 11) is 1.61. The van der Waals surface area contributed by atoms with Crippen LogP contribution < -0.4 is 14.9 Å². The van der Waals surface area contributed by atoms with E-state index in [2.05, 4.69) is 20.7 Å². The minimum Gasteiger partial charge on any atom is -0.497 e. The Labute approximate surface area is 185 Å². The van der Waals surface area contributed by atoms with E-state index in [1.807, 2.05) is 78.9 Å². The molecule has 0 bridgehead atoms. The molecule has 0 unspecified atom stereocenters. The van der Waals surface area contributed by atoms with Crippen LogP contribution in [-0.4, -0.2) is 29.4 Å². The average molecular weight is 426 g/mol. The molecular formula is C25H22N4O3. The highest BCUT2D eigenvalue weighted by Crippen LogP contribution is 2.23. The van der Waals surface area contributed by atoms with E-state index in [1.54, 1.807) is 19.4 Å². The Morgan fingerprint density at radius 2 is 1.81 bits per heavy atom. The first-order valence-corrected chi connectivity index (χ1v) is 10.0. The molecule has 0 atom stereocenters. The van der Waals surface area contributed by atoms with Gasteiger partial charge in [-0.15, -0.1) is 0 Å². The summed E-state index contributed by atoms with van der Waals surface area (Å²) in [6.45, 7) is 0.477. The number of ether oxygens (including phenoxy) is 2. The fourth-order valence-corrected chi connectivity index (χ4v) is 2.99. The van der Waals surface area contributed by atoms with Gasteiger partial charge in [0.05, 0.1) is 19.0 Å². The second kappa shape index (κ2) is 10.1. The predicted octanol–water partition coefficient (Wildman–Crippen LogP) is 4.43. The van der Waals surface area contributed by atoms with Gasteiger partial charge in [0.15, 0.2) is 0 Å². The van der Waals surface area contributed by atoms with E-state index in [0.29, 0.717) is 18.0 Å². The van der Waals surface area contributed by atoms with E-state index in [9.17, 15) is 4.79 Å². The highest BCUT2D eigenvalue weighted by Gasteiger charge is 2.11. The van der Waals surface area contributed by atoms with Gasteiger partial charge < -0.3 is 9.47 Å². The molecule has 1 heterocycles. The minimum atomic E-state index is -0.384. The molecule has 4 rings (SSSR count). The molecule has 0 saturated heterocycles. The van der Waals surface area contributed by atoms with Gasteiger partial charge in [-0.25, -0.2) is 5.43 Å². The third kappa shape index (κ3) is 5.40. The van der Waals surface area contributed by atoms with Crippen molar-refractivity contribution < 1.29 is 14.3 Å². The molecule has 7 heteroatoms. The molecule has 0 aliphatic heterocycles. The number of hydrazone groups is 1. The zero-order chi connectivity index (χ0) is 22.2. The van der Waals surface area contributed by atoms with Gasteiger partial charge >= 0.3 is 0 Å². The lowest BCUT2D eigenvalue weighted by molar-refractivity contribution is 0.0950. The highest BCUT2D eigenvalue weighted by atomic mass is 16.5. The molecule has 0 spiro atoms. The summed E-state index contributed by atoms with van der Waals surface area (Å²) in [6.07, 6.45) is 1.56. The third-order valence-electron chi connectivity index (χ3n) is 4.70. The number of amides is 1. The van der Waals surface area contributed by atoms with Crippen molar-refractivity contribution >= 4 is 12.1 Å². The second-order valence-electron chi connectivity index (χ2n) is 6.94. The maximum absolute atomic E-state index is 12.4. The lowest BCUT2D eigenvalue weighted by atomic mass is 10.1. The molecule has 2 N–H and O–H groups in total. The van der Waals surface area contributed by atoms with Crippen LogP contribution in [0.15, 0.2) is 90.0 Å². The molecule has 1 aromatic heterocycles. The highest BCUT2D eigenvalue weighted by molar-refractivity contribution is 5.94. The standard InChI is InChI=1S/C25H22N4O3/c1-31-21-12-10-18(11-13-21)16-26-29-25(30)24-15-23(27-28-24)20-8-5-9-22(14-20)32-17-19-6-3-2-4-7-19/h2-16H,17H2,1H3,(H,27,28)(H,29,30)/b26-16+. The maximum atomic E-state index is 12.4. The van der Waals surface area contributed by atoms with Gasteiger partial charge in [-0.05, 0) is 53.6 Å². The Kier molecular flexibility index (Phi) is 6.57. The summed E-state index contributed by atoms with van der Waals surface area (Å²) in [5.41, 5.74) is 6.21. The van der Waals surface area contributed by atoms with Gasteiger partial charge in [-0.1, -0.05) is 42.5 Å². The van der Waals surface area contributed by atoms with Crippen molar-refractivity contribution in [1.82, 2.24) is 15.6 Å². The Balaban J connectivity index is 1.37. The van der Waals surface area contributed by atoms with Crippen LogP contribution in [0.4, 0.5) is 0 Å². The number of H-pyrrole nitrogens is 1. The molecule has 160 valence electrons. The number of nitrogens with zero attached hydrogens (tertiary/aromatic N) is 2. The van der Waals surface area contributed by atoms with Gasteiger partial charge in [-0.2, -0.15) is 10.2 Å². The number of methoxy groups -OCH3 is 1. The fraction of sp³-hybridized carbons (Fsp3) is 0.0800. The molecule has 0 aliphatic carbocycles. The van der Waals surface area contributed by atoms with E-state index >= 15 is 0 Å². The van der Waals surface area contributed by atoms with Crippen molar-refractivity contribution in [2.75, 3.05) is 7.11 Å². The lowest BCUT2D eigenvalue weighted by Gasteiger charge is -2.07. The summed E-state index contributed by atoms with van der Waals surface area (Å²) < 4.78 is 11.0. The van der Waals surface area contributed by atoms with Crippen molar-refractivity contribution in [2.24, 2.45) is 5.10 Å². The number of carbonyl (C=O) groups excluding carboxylic acids is 1. The average Bonchev–Trinajstić information content (AvgIpc) is 3.35. The minimum absolute atomic E-state index is 0.308. The van der Waals surface area contributed by atoms with Crippen LogP contribution in [0.1, 0.15) is 21.6 Å². The van der Waals surface area contributed by atoms with Crippen LogP contribution in [0, 0.1) is 0 Å². The van der Waals surface area contributed by atoms with E-state index in [0.717, 1.165) is 28.2 Å². The van der Waals surface area contributed by atoms with Gasteiger partial charge in [0, 0.05) is 5.56 Å². The fourth-order valence-electron chi connectivity index (χ4n) is 2.99. The van der Waals surface area contributed by atoms with Crippen LogP contribution in [0.3, 0.4) is 0 Å². The number of hydrogen-bond donors (Lipinski definition) is 2. The number of rotatable bonds is 8. The topological polar surface area (TPSA) is 88.6 Å². The van der Waals surface area contributed by atoms with Crippen molar-refractivity contribution in [2.45, 2.75) is 6.61 Å². The lowest BCUT2D eigenvalue weighted by Crippen LogP contribution is -2.17. The van der Waals surface area contributed by atoms with Crippen molar-refractivity contribution in [1.29, 1.82) is 0 Å². The molecule has 7 nitrogen and oxygen atoms in total. The first-order valence-electron chi connectivity index (χ1n) is 10.0. The number of aromatic amines is 1. The number of benzene rings is 3. The Morgan fingerprint density at radius 1 is 1.00 bits per heavy atom. The van der Waals surface area contributed by atoms with Crippen LogP contribution in [0.5, 0.6) is 11.5 Å². The number of hydrogen-bond acceptors (Lipinski definition) is 5. The van der Waals surface area contributed by atoms with Crippen LogP contribution in [-0.2, 0) is 6.61 Å². The Hall–Kier alpha value is -4.39. The quantitative estimate of drug-likeness (QED) is 0.322. The first kappa shape index (κ1) is 20.9. The summed E-state index contributed by atoms with van der Waals surface area (Å²) >= 11 is 0. The Bertz CT molecular complexity index is 1200. The van der Waals surface area contributed by atoms with Crippen molar-refractivity contribution in [3.63, 3.8) is 0 Å². The van der Waals surface area contributed by atoms with Crippen LogP contribution >= 0.6 is 0 Å². The molecule has 32 heavy (non-hydrogen) atoms. The normalized spacial score (nSPS) is 10.8. The van der Waals surface area contributed by atoms with Gasteiger partial charge in [0.2, 0.25) is 0 Å². The number of aromatic nitrogens is 2. The van der Waals surface area contributed by atoms with E-state index in [-0.39, 0.29) is 5.91 Å². The van der Waals surface area contributed by atoms with Crippen molar-refractivity contribution in [3.8, 4) is 22.8 Å². The summed E-state index contributed by atoms with van der Waals surface area (Å²) in [5.74, 6) is 1.10. The molecular weight excluding hydrogens is 404 g/mol. The molecule has 1 amide bonds. The van der Waals surface area contributed by atoms with Crippen LogP contribution in [0.2, 0.25) is 0 Å². The summed E-state index contributed by atoms with van der Waals surface area (Å²) in [5, 5.41) is 11.0.